The minimum atomic E-state index is -0.0440. The Hall–Kier alpha value is -2.18. The summed E-state index contributed by atoms with van der Waals surface area (Å²) in [6.45, 7) is 9.39. The third kappa shape index (κ3) is 4.06. The van der Waals surface area contributed by atoms with E-state index in [-0.39, 0.29) is 5.91 Å². The molecule has 2 aromatic heterocycles. The van der Waals surface area contributed by atoms with Crippen LogP contribution in [-0.2, 0) is 0 Å². The van der Waals surface area contributed by atoms with Gasteiger partial charge in [-0.3, -0.25) is 9.69 Å². The summed E-state index contributed by atoms with van der Waals surface area (Å²) in [6.07, 6.45) is 0.877. The first kappa shape index (κ1) is 19.6. The van der Waals surface area contributed by atoms with Gasteiger partial charge in [0, 0.05) is 6.54 Å². The summed E-state index contributed by atoms with van der Waals surface area (Å²) >= 11 is 1.59. The van der Waals surface area contributed by atoms with Crippen LogP contribution in [0.4, 0.5) is 5.13 Å². The number of carbonyl (C=O) groups is 1. The molecule has 5 nitrogen and oxygen atoms in total. The van der Waals surface area contributed by atoms with Gasteiger partial charge in [-0.25, -0.2) is 4.98 Å². The van der Waals surface area contributed by atoms with Crippen molar-refractivity contribution in [3.63, 3.8) is 0 Å². The minimum Gasteiger partial charge on any atom is -0.466 e. The third-order valence-electron chi connectivity index (χ3n) is 4.67. The van der Waals surface area contributed by atoms with Gasteiger partial charge in [-0.2, -0.15) is 0 Å². The lowest BCUT2D eigenvalue weighted by atomic mass is 10.1. The molecular weight excluding hydrogens is 358 g/mol. The summed E-state index contributed by atoms with van der Waals surface area (Å²) in [6, 6.07) is 6.02. The zero-order valence-corrected chi connectivity index (χ0v) is 17.7. The third-order valence-corrected chi connectivity index (χ3v) is 5.88. The molecule has 0 spiro atoms. The maximum absolute atomic E-state index is 13.3. The molecule has 27 heavy (non-hydrogen) atoms. The summed E-state index contributed by atoms with van der Waals surface area (Å²) in [5.41, 5.74) is 3.93. The normalized spacial score (nSPS) is 11.5. The molecule has 0 saturated heterocycles. The lowest BCUT2D eigenvalue weighted by molar-refractivity contribution is 0.0984. The van der Waals surface area contributed by atoms with E-state index in [9.17, 15) is 4.79 Å². The number of furan rings is 1. The number of thiazole rings is 1. The number of aryl methyl sites for hydroxylation is 4. The van der Waals surface area contributed by atoms with Crippen molar-refractivity contribution in [1.29, 1.82) is 0 Å². The van der Waals surface area contributed by atoms with Crippen LogP contribution in [0.1, 0.15) is 39.4 Å². The van der Waals surface area contributed by atoms with Gasteiger partial charge in [0.2, 0.25) is 0 Å². The Morgan fingerprint density at radius 2 is 1.81 bits per heavy atom. The molecule has 144 valence electrons. The minimum absolute atomic E-state index is 0.0440. The monoisotopic (exact) mass is 385 g/mol. The highest BCUT2D eigenvalue weighted by Crippen LogP contribution is 2.34. The predicted molar refractivity (Wildman–Crippen MR) is 112 cm³/mol. The molecule has 0 unspecified atom stereocenters. The van der Waals surface area contributed by atoms with Crippen molar-refractivity contribution in [2.45, 2.75) is 34.1 Å². The molecule has 0 aliphatic carbocycles. The summed E-state index contributed by atoms with van der Waals surface area (Å²) in [4.78, 5) is 22.1. The lowest BCUT2D eigenvalue weighted by Crippen LogP contribution is -2.33. The van der Waals surface area contributed by atoms with E-state index in [4.69, 9.17) is 9.40 Å². The van der Waals surface area contributed by atoms with E-state index in [1.54, 1.807) is 11.3 Å². The number of amides is 1. The quantitative estimate of drug-likeness (QED) is 0.616. The van der Waals surface area contributed by atoms with Crippen molar-refractivity contribution in [2.75, 3.05) is 32.1 Å². The van der Waals surface area contributed by atoms with Crippen molar-refractivity contribution in [2.24, 2.45) is 0 Å². The summed E-state index contributed by atoms with van der Waals surface area (Å²) in [7, 11) is 4.08. The van der Waals surface area contributed by atoms with Gasteiger partial charge in [0.1, 0.15) is 11.5 Å². The van der Waals surface area contributed by atoms with Crippen molar-refractivity contribution < 1.29 is 9.21 Å². The largest absolute Gasteiger partial charge is 0.466 e. The summed E-state index contributed by atoms with van der Waals surface area (Å²) in [5.74, 6) is 1.36. The van der Waals surface area contributed by atoms with Crippen LogP contribution in [0.25, 0.3) is 10.2 Å². The highest BCUT2D eigenvalue weighted by atomic mass is 32.1. The zero-order chi connectivity index (χ0) is 19.7. The molecule has 1 amide bonds. The number of fused-ring (bicyclic) bond motifs is 1. The van der Waals surface area contributed by atoms with E-state index in [1.807, 2.05) is 38.9 Å². The van der Waals surface area contributed by atoms with Gasteiger partial charge in [-0.05, 0) is 71.9 Å². The molecule has 6 heteroatoms. The Bertz CT molecular complexity index is 932. The molecule has 0 aliphatic heterocycles. The first-order chi connectivity index (χ1) is 12.8. The average Bonchev–Trinajstić information content (AvgIpc) is 3.18. The molecule has 0 aliphatic rings. The molecule has 3 rings (SSSR count). The molecule has 0 saturated carbocycles. The van der Waals surface area contributed by atoms with Crippen LogP contribution in [-0.4, -0.2) is 43.0 Å². The molecule has 2 heterocycles. The Balaban J connectivity index is 2.01. The number of hydrogen-bond donors (Lipinski definition) is 0. The second-order valence-corrected chi connectivity index (χ2v) is 8.29. The Morgan fingerprint density at radius 1 is 1.11 bits per heavy atom. The summed E-state index contributed by atoms with van der Waals surface area (Å²) < 4.78 is 6.74. The Kier molecular flexibility index (Phi) is 5.67. The number of nitrogens with zero attached hydrogens (tertiary/aromatic N) is 3. The van der Waals surface area contributed by atoms with Crippen LogP contribution in [0.5, 0.6) is 0 Å². The Morgan fingerprint density at radius 3 is 2.41 bits per heavy atom. The van der Waals surface area contributed by atoms with Crippen LogP contribution < -0.4 is 4.90 Å². The molecule has 3 aromatic rings. The van der Waals surface area contributed by atoms with Gasteiger partial charge in [0.15, 0.2) is 5.13 Å². The number of anilines is 1. The highest BCUT2D eigenvalue weighted by Gasteiger charge is 2.25. The SMILES string of the molecule is Cc1cc(C(=O)N(CCCN(C)C)c2nc3c(C)ccc(C)c3s2)c(C)o1. The number of carbonyl (C=O) groups excluding carboxylic acids is 1. The molecule has 0 N–H and O–H groups in total. The number of benzene rings is 1. The van der Waals surface area contributed by atoms with Crippen molar-refractivity contribution in [3.8, 4) is 0 Å². The number of aromatic nitrogens is 1. The second kappa shape index (κ2) is 7.82. The first-order valence-electron chi connectivity index (χ1n) is 9.18. The lowest BCUT2D eigenvalue weighted by Gasteiger charge is -2.20. The number of hydrogen-bond acceptors (Lipinski definition) is 5. The second-order valence-electron chi connectivity index (χ2n) is 7.31. The number of rotatable bonds is 6. The van der Waals surface area contributed by atoms with Crippen molar-refractivity contribution >= 4 is 32.6 Å². The van der Waals surface area contributed by atoms with E-state index >= 15 is 0 Å². The topological polar surface area (TPSA) is 49.6 Å². The van der Waals surface area contributed by atoms with Gasteiger partial charge in [0.25, 0.3) is 5.91 Å². The smallest absolute Gasteiger partial charge is 0.263 e. The molecule has 0 bridgehead atoms. The van der Waals surface area contributed by atoms with Crippen LogP contribution >= 0.6 is 11.3 Å². The van der Waals surface area contributed by atoms with Crippen LogP contribution in [0.15, 0.2) is 22.6 Å². The zero-order valence-electron chi connectivity index (χ0n) is 16.9. The van der Waals surface area contributed by atoms with Crippen LogP contribution in [0.3, 0.4) is 0 Å². The van der Waals surface area contributed by atoms with E-state index in [1.165, 1.54) is 5.56 Å². The molecule has 1 aromatic carbocycles. The summed E-state index contributed by atoms with van der Waals surface area (Å²) in [5, 5.41) is 0.754. The van der Waals surface area contributed by atoms with E-state index in [2.05, 4.69) is 30.9 Å². The molecule has 0 radical (unpaired) electrons. The fraction of sp³-hybridized carbons (Fsp3) is 0.429. The fourth-order valence-electron chi connectivity index (χ4n) is 3.18. The predicted octanol–water partition coefficient (Wildman–Crippen LogP) is 4.72. The van der Waals surface area contributed by atoms with Crippen molar-refractivity contribution in [3.05, 3.63) is 46.4 Å². The molecule has 0 fully saturated rings. The molecule has 0 atom stereocenters. The van der Waals surface area contributed by atoms with Gasteiger partial charge < -0.3 is 9.32 Å². The van der Waals surface area contributed by atoms with Gasteiger partial charge in [-0.1, -0.05) is 23.5 Å². The van der Waals surface area contributed by atoms with E-state index in [0.29, 0.717) is 17.9 Å². The Labute approximate surface area is 164 Å². The highest BCUT2D eigenvalue weighted by molar-refractivity contribution is 7.22. The van der Waals surface area contributed by atoms with E-state index in [0.717, 1.165) is 39.6 Å². The maximum atomic E-state index is 13.3. The van der Waals surface area contributed by atoms with Gasteiger partial charge in [0.05, 0.1) is 15.8 Å². The standard InChI is InChI=1S/C21H27N3O2S/c1-13-8-9-14(2)19-18(13)22-21(27-19)24(11-7-10-23(5)6)20(25)17-12-15(3)26-16(17)4/h8-9,12H,7,10-11H2,1-6H3. The maximum Gasteiger partial charge on any atom is 0.263 e. The first-order valence-corrected chi connectivity index (χ1v) is 10.00. The van der Waals surface area contributed by atoms with E-state index < -0.39 is 0 Å². The fourth-order valence-corrected chi connectivity index (χ4v) is 4.32. The van der Waals surface area contributed by atoms with Gasteiger partial charge in [-0.15, -0.1) is 0 Å². The van der Waals surface area contributed by atoms with Crippen LogP contribution in [0, 0.1) is 27.7 Å². The molecular formula is C21H27N3O2S. The average molecular weight is 386 g/mol. The van der Waals surface area contributed by atoms with Gasteiger partial charge >= 0.3 is 0 Å². The van der Waals surface area contributed by atoms with Crippen molar-refractivity contribution in [1.82, 2.24) is 9.88 Å². The van der Waals surface area contributed by atoms with Crippen LogP contribution in [0.2, 0.25) is 0 Å².